The monoisotopic (exact) mass is 1170 g/mol. The summed E-state index contributed by atoms with van der Waals surface area (Å²) in [7, 11) is -5.56. The predicted molar refractivity (Wildman–Crippen MR) is 313 cm³/mol. The van der Waals surface area contributed by atoms with Crippen LogP contribution in [0.4, 0.5) is 0 Å². The molecule has 2 aliphatic carbocycles. The molecule has 6 amide bonds. The van der Waals surface area contributed by atoms with Crippen LogP contribution >= 0.6 is 0 Å². The number of benzene rings is 4. The summed E-state index contributed by atoms with van der Waals surface area (Å²) < 4.78 is 63.4. The summed E-state index contributed by atoms with van der Waals surface area (Å²) in [6.45, 7) is 13.7. The molecule has 2 saturated heterocycles. The van der Waals surface area contributed by atoms with Gasteiger partial charge in [-0.15, -0.1) is 0 Å². The van der Waals surface area contributed by atoms with Crippen LogP contribution in [-0.4, -0.2) is 138 Å². The van der Waals surface area contributed by atoms with Crippen LogP contribution in [0.1, 0.15) is 128 Å². The summed E-state index contributed by atoms with van der Waals surface area (Å²) >= 11 is 0. The zero-order valence-corrected chi connectivity index (χ0v) is 50.4. The summed E-state index contributed by atoms with van der Waals surface area (Å²) in [6.07, 6.45) is 4.61. The molecule has 0 aromatic heterocycles. The molecule has 2 aliphatic heterocycles. The van der Waals surface area contributed by atoms with Crippen molar-refractivity contribution in [1.29, 1.82) is 0 Å². The Bertz CT molecular complexity index is 3100. The highest BCUT2D eigenvalue weighted by molar-refractivity contribution is 7.89. The molecule has 0 saturated carbocycles. The van der Waals surface area contributed by atoms with Gasteiger partial charge in [0.25, 0.3) is 0 Å². The third-order valence-electron chi connectivity index (χ3n) is 16.6. The van der Waals surface area contributed by atoms with Gasteiger partial charge in [-0.1, -0.05) is 102 Å². The fourth-order valence-electron chi connectivity index (χ4n) is 11.7. The first-order valence-electron chi connectivity index (χ1n) is 28.5. The molecular weight excluding hydrogens is 1080 g/mol. The van der Waals surface area contributed by atoms with E-state index in [0.717, 1.165) is 47.9 Å². The fourth-order valence-corrected chi connectivity index (χ4v) is 14.3. The van der Waals surface area contributed by atoms with Crippen molar-refractivity contribution < 1.29 is 45.6 Å². The molecule has 2 heterocycles. The molecule has 4 aromatic carbocycles. The minimum atomic E-state index is -4.41. The Morgan fingerprint density at radius 2 is 0.915 bits per heavy atom. The average molecular weight is 1170 g/mol. The molecule has 8 rings (SSSR count). The summed E-state index contributed by atoms with van der Waals surface area (Å²) in [6, 6.07) is 16.1. The third-order valence-corrected chi connectivity index (χ3v) is 19.7. The molecule has 0 spiro atoms. The second kappa shape index (κ2) is 24.9. The molecule has 0 bridgehead atoms. The first-order chi connectivity index (χ1) is 38.6. The summed E-state index contributed by atoms with van der Waals surface area (Å²) in [5.74, 6) is -2.83. The van der Waals surface area contributed by atoms with E-state index in [2.05, 4.69) is 41.3 Å². The van der Waals surface area contributed by atoms with Gasteiger partial charge in [-0.25, -0.2) is 26.3 Å². The van der Waals surface area contributed by atoms with Gasteiger partial charge < -0.3 is 41.7 Å². The minimum Gasteiger partial charge on any atom is -0.347 e. The van der Waals surface area contributed by atoms with Crippen LogP contribution in [0.5, 0.6) is 0 Å². The zero-order valence-electron chi connectivity index (χ0n) is 48.7. The van der Waals surface area contributed by atoms with Crippen molar-refractivity contribution in [2.45, 2.75) is 177 Å². The molecular formula is C60H82N10O10S2. The lowest BCUT2D eigenvalue weighted by Gasteiger charge is -2.36. The SMILES string of the molecule is CN[C@@H](C)C(=O)NC(C(=O)N1C[C@@H](NS(=O)(=O)c2ccc3ccc(S(=O)(=O)N[C@H]4C[C@@H](C(=O)N[C@@H]5CCCc6ccccc65)N(C(=O)[C@@H](NC(=O)[C@H](C)NC)C(C)(C)C)C4)cc3c2)C[C@H]1C(=O)N[C@@H]1CCCc2ccccc21)C(C)(C)C. The van der Waals surface area contributed by atoms with E-state index >= 15 is 0 Å². The maximum atomic E-state index is 14.8. The highest BCUT2D eigenvalue weighted by Crippen LogP contribution is 2.35. The second-order valence-electron chi connectivity index (χ2n) is 24.7. The second-order valence-corrected chi connectivity index (χ2v) is 28.2. The van der Waals surface area contributed by atoms with Gasteiger partial charge in [-0.2, -0.15) is 0 Å². The lowest BCUT2D eigenvalue weighted by molar-refractivity contribution is -0.144. The fraction of sp³-hybridized carbons (Fsp3) is 0.533. The smallest absolute Gasteiger partial charge is 0.246 e. The molecule has 10 atom stereocenters. The number of hydrogen-bond acceptors (Lipinski definition) is 12. The number of sulfonamides is 2. The highest BCUT2D eigenvalue weighted by Gasteiger charge is 2.48. The standard InChI is InChI=1S/C60H82N10O10S2/c1-35(61-9)53(71)65-51(59(3,4)5)57(75)69-33-41(31-49(69)55(73)63-47-23-15-19-38-17-11-13-21-45(38)47)67-81(77,78)43-27-25-37-26-28-44(30-40(37)29-43)82(79,80)68-42-32-50(56(74)64-48-24-16-20-39-18-12-14-22-46(39)48)70(34-42)58(76)52(60(6,7)8)66-54(72)36(2)62-10/h11-14,17-18,21-22,25-30,35-36,41-42,47-52,61-62,67-68H,15-16,19-20,23-24,31-34H2,1-10H3,(H,63,73)(H,64,74)(H,65,71)(H,66,72)/t35-,36-,41-,42-,47+,48+,49-,50-,51+,52?/m0/s1. The van der Waals surface area contributed by atoms with E-state index in [1.165, 1.54) is 34.1 Å². The van der Waals surface area contributed by atoms with Crippen LogP contribution in [0.15, 0.2) is 94.7 Å². The largest absolute Gasteiger partial charge is 0.347 e. The number of aryl methyl sites for hydroxylation is 2. The zero-order chi connectivity index (χ0) is 59.6. The first kappa shape index (κ1) is 61.8. The molecule has 4 aliphatic rings. The summed E-state index contributed by atoms with van der Waals surface area (Å²) in [5, 5.41) is 18.6. The van der Waals surface area contributed by atoms with E-state index in [0.29, 0.717) is 18.2 Å². The van der Waals surface area contributed by atoms with Crippen molar-refractivity contribution in [1.82, 2.24) is 51.1 Å². The molecule has 82 heavy (non-hydrogen) atoms. The van der Waals surface area contributed by atoms with Crippen molar-refractivity contribution in [3.63, 3.8) is 0 Å². The van der Waals surface area contributed by atoms with Gasteiger partial charge in [-0.05, 0) is 147 Å². The lowest BCUT2D eigenvalue weighted by atomic mass is 9.85. The Morgan fingerprint density at radius 1 is 0.537 bits per heavy atom. The van der Waals surface area contributed by atoms with Gasteiger partial charge in [-0.3, -0.25) is 28.8 Å². The Balaban J connectivity index is 1.03. The van der Waals surface area contributed by atoms with E-state index < -0.39 is 115 Å². The number of hydrogen-bond donors (Lipinski definition) is 8. The van der Waals surface area contributed by atoms with Gasteiger partial charge in [0, 0.05) is 25.2 Å². The van der Waals surface area contributed by atoms with Crippen molar-refractivity contribution in [3.05, 3.63) is 107 Å². The molecule has 20 nitrogen and oxygen atoms in total. The number of likely N-dealkylation sites (tertiary alicyclic amines) is 2. The quantitative estimate of drug-likeness (QED) is 0.0703. The first-order valence-corrected chi connectivity index (χ1v) is 31.5. The van der Waals surface area contributed by atoms with Gasteiger partial charge in [0.15, 0.2) is 0 Å². The number of carbonyl (C=O) groups is 6. The van der Waals surface area contributed by atoms with Crippen LogP contribution < -0.4 is 41.3 Å². The Kier molecular flexibility index (Phi) is 18.7. The Morgan fingerprint density at radius 3 is 1.28 bits per heavy atom. The topological polar surface area (TPSA) is 273 Å². The van der Waals surface area contributed by atoms with Crippen molar-refractivity contribution in [3.8, 4) is 0 Å². The average Bonchev–Trinajstić information content (AvgIpc) is 4.05. The van der Waals surface area contributed by atoms with E-state index in [9.17, 15) is 45.6 Å². The summed E-state index contributed by atoms with van der Waals surface area (Å²) in [4.78, 5) is 87.3. The molecule has 2 fully saturated rings. The van der Waals surface area contributed by atoms with E-state index in [1.54, 1.807) is 81.6 Å². The van der Waals surface area contributed by atoms with Crippen LogP contribution in [0.2, 0.25) is 0 Å². The maximum absolute atomic E-state index is 14.8. The van der Waals surface area contributed by atoms with Gasteiger partial charge in [0.2, 0.25) is 55.5 Å². The van der Waals surface area contributed by atoms with Crippen molar-refractivity contribution >= 4 is 66.3 Å². The molecule has 4 aromatic rings. The number of amides is 6. The Hall–Kier alpha value is -6.30. The molecule has 22 heteroatoms. The van der Waals surface area contributed by atoms with Crippen LogP contribution in [0, 0.1) is 10.8 Å². The maximum Gasteiger partial charge on any atom is 0.246 e. The van der Waals surface area contributed by atoms with Gasteiger partial charge in [0.1, 0.15) is 24.2 Å². The van der Waals surface area contributed by atoms with Crippen LogP contribution in [-0.2, 0) is 61.7 Å². The molecule has 444 valence electrons. The number of nitrogens with one attached hydrogen (secondary N) is 8. The van der Waals surface area contributed by atoms with Crippen molar-refractivity contribution in [2.75, 3.05) is 27.2 Å². The number of likely N-dealkylation sites (N-methyl/N-ethyl adjacent to an activating group) is 2. The number of rotatable bonds is 18. The van der Waals surface area contributed by atoms with Gasteiger partial charge in [0.05, 0.1) is 34.0 Å². The molecule has 1 unspecified atom stereocenters. The van der Waals surface area contributed by atoms with E-state index in [4.69, 9.17) is 0 Å². The predicted octanol–water partition coefficient (Wildman–Crippen LogP) is 4.00. The van der Waals surface area contributed by atoms with E-state index in [1.807, 2.05) is 48.5 Å². The Labute approximate surface area is 482 Å². The number of carbonyl (C=O) groups excluding carboxylic acids is 6. The molecule has 0 radical (unpaired) electrons. The van der Waals surface area contributed by atoms with Crippen molar-refractivity contribution in [2.24, 2.45) is 10.8 Å². The van der Waals surface area contributed by atoms with Crippen LogP contribution in [0.3, 0.4) is 0 Å². The summed E-state index contributed by atoms with van der Waals surface area (Å²) in [5.41, 5.74) is 2.58. The minimum absolute atomic E-state index is 0.0766. The number of nitrogens with zero attached hydrogens (tertiary/aromatic N) is 2. The van der Waals surface area contributed by atoms with Crippen LogP contribution in [0.25, 0.3) is 10.8 Å². The van der Waals surface area contributed by atoms with E-state index in [-0.39, 0.29) is 53.2 Å². The van der Waals surface area contributed by atoms with Gasteiger partial charge >= 0.3 is 0 Å². The third kappa shape index (κ3) is 13.9. The normalized spacial score (nSPS) is 22.7. The lowest BCUT2D eigenvalue weighted by Crippen LogP contribution is -2.59. The number of fused-ring (bicyclic) bond motifs is 3. The highest BCUT2D eigenvalue weighted by atomic mass is 32.2. The molecule has 8 N–H and O–H groups in total.